The van der Waals surface area contributed by atoms with Crippen LogP contribution in [0.5, 0.6) is 0 Å². The van der Waals surface area contributed by atoms with Gasteiger partial charge in [0.05, 0.1) is 5.92 Å². The van der Waals surface area contributed by atoms with Crippen LogP contribution in [0.15, 0.2) is 24.3 Å². The number of hydrogen-bond acceptors (Lipinski definition) is 3. The molecule has 1 saturated carbocycles. The van der Waals surface area contributed by atoms with Gasteiger partial charge in [-0.1, -0.05) is 0 Å². The third-order valence-corrected chi connectivity index (χ3v) is 4.49. The molecule has 0 spiro atoms. The summed E-state index contributed by atoms with van der Waals surface area (Å²) in [5, 5.41) is 11.6. The van der Waals surface area contributed by atoms with E-state index in [1.54, 1.807) is 0 Å². The fourth-order valence-electron chi connectivity index (χ4n) is 3.04. The lowest BCUT2D eigenvalue weighted by molar-refractivity contribution is -0.146. The molecule has 0 aromatic heterocycles. The number of benzene rings is 1. The number of nitrogens with one attached hydrogen (secondary N) is 1. The number of halogens is 1. The van der Waals surface area contributed by atoms with Crippen molar-refractivity contribution in [2.24, 2.45) is 11.8 Å². The molecule has 1 aliphatic heterocycles. The van der Waals surface area contributed by atoms with Gasteiger partial charge in [0.2, 0.25) is 11.8 Å². The van der Waals surface area contributed by atoms with E-state index >= 15 is 0 Å². The van der Waals surface area contributed by atoms with Gasteiger partial charge in [-0.15, -0.1) is 0 Å². The number of nitrogens with zero attached hydrogens (tertiary/aromatic N) is 1. The summed E-state index contributed by atoms with van der Waals surface area (Å²) in [5.74, 6) is -3.06. The molecule has 3 rings (SSSR count). The molecule has 1 aliphatic carbocycles. The second-order valence-electron chi connectivity index (χ2n) is 6.02. The highest BCUT2D eigenvalue weighted by atomic mass is 19.1. The van der Waals surface area contributed by atoms with Gasteiger partial charge in [-0.25, -0.2) is 4.39 Å². The highest BCUT2D eigenvalue weighted by molar-refractivity contribution is 6.09. The molecule has 2 N–H and O–H groups in total. The number of carboxylic acid groups (broad SMARTS) is 1. The molecule has 1 aromatic carbocycles. The average Bonchev–Trinajstić information content (AvgIpc) is 2.84. The second kappa shape index (κ2) is 5.98. The van der Waals surface area contributed by atoms with Gasteiger partial charge in [0, 0.05) is 18.3 Å². The SMILES string of the molecule is O=C(O)C1CC(NC(=O)C2CCN(c3ccc(F)cc3)C2=O)C1. The standard InChI is InChI=1S/C16H17FN2O4/c17-10-1-3-12(4-2-10)19-6-5-13(15(19)21)14(20)18-11-7-9(8-11)16(22)23/h1-4,9,11,13H,5-8H2,(H,18,20)(H,22,23). The molecule has 7 heteroatoms. The lowest BCUT2D eigenvalue weighted by Gasteiger charge is -2.33. The number of amides is 2. The molecule has 1 unspecified atom stereocenters. The van der Waals surface area contributed by atoms with Crippen LogP contribution in [-0.2, 0) is 14.4 Å². The Kier molecular flexibility index (Phi) is 4.02. The lowest BCUT2D eigenvalue weighted by Crippen LogP contribution is -2.49. The molecule has 122 valence electrons. The van der Waals surface area contributed by atoms with Crippen LogP contribution in [0.25, 0.3) is 0 Å². The Bertz CT molecular complexity index is 640. The molecule has 2 aliphatic rings. The van der Waals surface area contributed by atoms with Gasteiger partial charge in [-0.3, -0.25) is 14.4 Å². The third kappa shape index (κ3) is 3.04. The Balaban J connectivity index is 1.57. The van der Waals surface area contributed by atoms with Crippen molar-refractivity contribution in [3.8, 4) is 0 Å². The zero-order chi connectivity index (χ0) is 16.6. The molecule has 6 nitrogen and oxygen atoms in total. The van der Waals surface area contributed by atoms with Gasteiger partial charge < -0.3 is 15.3 Å². The van der Waals surface area contributed by atoms with Crippen molar-refractivity contribution in [1.82, 2.24) is 5.32 Å². The zero-order valence-electron chi connectivity index (χ0n) is 12.4. The predicted octanol–water partition coefficient (Wildman–Crippen LogP) is 1.16. The summed E-state index contributed by atoms with van der Waals surface area (Å²) in [7, 11) is 0. The Morgan fingerprint density at radius 2 is 1.87 bits per heavy atom. The maximum Gasteiger partial charge on any atom is 0.306 e. The van der Waals surface area contributed by atoms with E-state index in [1.807, 2.05) is 0 Å². The minimum absolute atomic E-state index is 0.170. The quantitative estimate of drug-likeness (QED) is 0.815. The first-order chi connectivity index (χ1) is 11.0. The summed E-state index contributed by atoms with van der Waals surface area (Å²) in [6.45, 7) is 0.408. The van der Waals surface area contributed by atoms with Crippen LogP contribution in [0.2, 0.25) is 0 Å². The Morgan fingerprint density at radius 1 is 1.22 bits per heavy atom. The minimum Gasteiger partial charge on any atom is -0.481 e. The Morgan fingerprint density at radius 3 is 2.48 bits per heavy atom. The van der Waals surface area contributed by atoms with E-state index in [0.29, 0.717) is 31.5 Å². The van der Waals surface area contributed by atoms with Crippen molar-refractivity contribution in [1.29, 1.82) is 0 Å². The molecule has 2 fully saturated rings. The van der Waals surface area contributed by atoms with E-state index in [0.717, 1.165) is 0 Å². The average molecular weight is 320 g/mol. The fraction of sp³-hybridized carbons (Fsp3) is 0.438. The second-order valence-corrected chi connectivity index (χ2v) is 6.02. The molecule has 0 radical (unpaired) electrons. The van der Waals surface area contributed by atoms with Gasteiger partial charge in [0.15, 0.2) is 0 Å². The topological polar surface area (TPSA) is 86.7 Å². The largest absolute Gasteiger partial charge is 0.481 e. The van der Waals surface area contributed by atoms with Gasteiger partial charge in [0.1, 0.15) is 11.7 Å². The van der Waals surface area contributed by atoms with Gasteiger partial charge >= 0.3 is 5.97 Å². The van der Waals surface area contributed by atoms with E-state index in [2.05, 4.69) is 5.32 Å². The normalized spacial score (nSPS) is 26.7. The van der Waals surface area contributed by atoms with Crippen LogP contribution in [-0.4, -0.2) is 35.5 Å². The number of carbonyl (C=O) groups excluding carboxylic acids is 2. The summed E-state index contributed by atoms with van der Waals surface area (Å²) in [6, 6.07) is 5.40. The summed E-state index contributed by atoms with van der Waals surface area (Å²) < 4.78 is 12.9. The maximum atomic E-state index is 12.9. The van der Waals surface area contributed by atoms with Crippen molar-refractivity contribution in [3.63, 3.8) is 0 Å². The molecular formula is C16H17FN2O4. The van der Waals surface area contributed by atoms with Crippen LogP contribution in [0, 0.1) is 17.7 Å². The molecular weight excluding hydrogens is 303 g/mol. The molecule has 2 amide bonds. The van der Waals surface area contributed by atoms with Crippen LogP contribution >= 0.6 is 0 Å². The highest BCUT2D eigenvalue weighted by Gasteiger charge is 2.41. The van der Waals surface area contributed by atoms with Crippen LogP contribution in [0.4, 0.5) is 10.1 Å². The van der Waals surface area contributed by atoms with E-state index in [4.69, 9.17) is 5.11 Å². The predicted molar refractivity (Wildman–Crippen MR) is 79.2 cm³/mol. The molecule has 23 heavy (non-hydrogen) atoms. The van der Waals surface area contributed by atoms with E-state index in [1.165, 1.54) is 29.2 Å². The molecule has 1 saturated heterocycles. The number of carboxylic acids is 1. The van der Waals surface area contributed by atoms with E-state index in [9.17, 15) is 18.8 Å². The van der Waals surface area contributed by atoms with Crippen LogP contribution in [0.1, 0.15) is 19.3 Å². The van der Waals surface area contributed by atoms with Gasteiger partial charge in [-0.2, -0.15) is 0 Å². The van der Waals surface area contributed by atoms with Gasteiger partial charge in [-0.05, 0) is 43.5 Å². The van der Waals surface area contributed by atoms with Crippen molar-refractivity contribution in [3.05, 3.63) is 30.1 Å². The molecule has 1 aromatic rings. The van der Waals surface area contributed by atoms with Crippen LogP contribution < -0.4 is 10.2 Å². The first-order valence-corrected chi connectivity index (χ1v) is 7.56. The molecule has 0 bridgehead atoms. The Labute approximate surface area is 132 Å². The number of hydrogen-bond donors (Lipinski definition) is 2. The first-order valence-electron chi connectivity index (χ1n) is 7.56. The summed E-state index contributed by atoms with van der Waals surface area (Å²) >= 11 is 0. The third-order valence-electron chi connectivity index (χ3n) is 4.49. The number of anilines is 1. The smallest absolute Gasteiger partial charge is 0.306 e. The van der Waals surface area contributed by atoms with Crippen molar-refractivity contribution in [2.75, 3.05) is 11.4 Å². The van der Waals surface area contributed by atoms with Gasteiger partial charge in [0.25, 0.3) is 0 Å². The lowest BCUT2D eigenvalue weighted by atomic mass is 9.80. The maximum absolute atomic E-state index is 12.9. The fourth-order valence-corrected chi connectivity index (χ4v) is 3.04. The number of carbonyl (C=O) groups is 3. The number of rotatable bonds is 4. The Hall–Kier alpha value is -2.44. The minimum atomic E-state index is -0.852. The summed E-state index contributed by atoms with van der Waals surface area (Å²) in [6.07, 6.45) is 1.21. The zero-order valence-corrected chi connectivity index (χ0v) is 12.4. The summed E-state index contributed by atoms with van der Waals surface area (Å²) in [5.41, 5.74) is 0.571. The van der Waals surface area contributed by atoms with E-state index in [-0.39, 0.29) is 23.7 Å². The first kappa shape index (κ1) is 15.5. The van der Waals surface area contributed by atoms with E-state index < -0.39 is 17.8 Å². The highest BCUT2D eigenvalue weighted by Crippen LogP contribution is 2.29. The molecule has 1 atom stereocenters. The van der Waals surface area contributed by atoms with Crippen molar-refractivity contribution < 1.29 is 23.9 Å². The van der Waals surface area contributed by atoms with Crippen LogP contribution in [0.3, 0.4) is 0 Å². The summed E-state index contributed by atoms with van der Waals surface area (Å²) in [4.78, 5) is 36.8. The molecule has 1 heterocycles. The number of aliphatic carboxylic acids is 1. The van der Waals surface area contributed by atoms with Crippen molar-refractivity contribution >= 4 is 23.5 Å². The monoisotopic (exact) mass is 320 g/mol. The van der Waals surface area contributed by atoms with Crippen molar-refractivity contribution in [2.45, 2.75) is 25.3 Å².